The highest BCUT2D eigenvalue weighted by atomic mass is 32.2. The number of aromatic nitrogens is 1. The van der Waals surface area contributed by atoms with Gasteiger partial charge >= 0.3 is 5.97 Å². The summed E-state index contributed by atoms with van der Waals surface area (Å²) in [5.74, 6) is -0.633. The summed E-state index contributed by atoms with van der Waals surface area (Å²) >= 11 is 0. The van der Waals surface area contributed by atoms with Gasteiger partial charge in [-0.1, -0.05) is 30.3 Å². The molecule has 0 fully saturated rings. The van der Waals surface area contributed by atoms with Crippen LogP contribution in [0.15, 0.2) is 35.2 Å². The maximum absolute atomic E-state index is 13.0. The van der Waals surface area contributed by atoms with Crippen molar-refractivity contribution in [1.29, 1.82) is 0 Å². The third-order valence-electron chi connectivity index (χ3n) is 3.71. The molecule has 2 aromatic rings. The lowest BCUT2D eigenvalue weighted by Crippen LogP contribution is -2.28. The van der Waals surface area contributed by atoms with Crippen molar-refractivity contribution in [3.63, 3.8) is 0 Å². The lowest BCUT2D eigenvalue weighted by Gasteiger charge is -2.18. The molecule has 0 saturated carbocycles. The second kappa shape index (κ2) is 7.19. The van der Waals surface area contributed by atoms with E-state index in [4.69, 9.17) is 4.74 Å². The van der Waals surface area contributed by atoms with Crippen molar-refractivity contribution >= 4 is 16.0 Å². The first-order chi connectivity index (χ1) is 11.3. The van der Waals surface area contributed by atoms with Crippen LogP contribution in [0.25, 0.3) is 0 Å². The summed E-state index contributed by atoms with van der Waals surface area (Å²) in [7, 11) is -2.34. The van der Waals surface area contributed by atoms with Gasteiger partial charge in [-0.3, -0.25) is 0 Å². The van der Waals surface area contributed by atoms with Gasteiger partial charge in [-0.2, -0.15) is 4.31 Å². The first-order valence-corrected chi connectivity index (χ1v) is 9.09. The van der Waals surface area contributed by atoms with E-state index in [-0.39, 0.29) is 23.6 Å². The van der Waals surface area contributed by atoms with E-state index in [1.165, 1.54) is 11.4 Å². The molecule has 1 N–H and O–H groups in total. The number of aryl methyl sites for hydroxylation is 2. The van der Waals surface area contributed by atoms with E-state index in [9.17, 15) is 13.2 Å². The molecule has 0 radical (unpaired) electrons. The van der Waals surface area contributed by atoms with Gasteiger partial charge in [0.2, 0.25) is 10.0 Å². The van der Waals surface area contributed by atoms with Crippen molar-refractivity contribution in [2.75, 3.05) is 13.7 Å². The van der Waals surface area contributed by atoms with Crippen LogP contribution in [0.2, 0.25) is 0 Å². The van der Waals surface area contributed by atoms with Crippen LogP contribution in [0.4, 0.5) is 0 Å². The van der Waals surface area contributed by atoms with Gasteiger partial charge < -0.3 is 9.72 Å². The molecule has 0 unspecified atom stereocenters. The minimum atomic E-state index is -3.84. The average molecular weight is 350 g/mol. The molecule has 2 rings (SSSR count). The number of nitrogens with one attached hydrogen (secondary N) is 1. The fourth-order valence-electron chi connectivity index (χ4n) is 2.61. The van der Waals surface area contributed by atoms with Gasteiger partial charge in [-0.25, -0.2) is 13.2 Å². The normalized spacial score (nSPS) is 11.7. The Hall–Kier alpha value is -2.12. The van der Waals surface area contributed by atoms with Gasteiger partial charge in [-0.15, -0.1) is 0 Å². The zero-order valence-electron chi connectivity index (χ0n) is 14.3. The number of ether oxygens (including phenoxy) is 1. The molecule has 1 aromatic carbocycles. The number of hydrogen-bond donors (Lipinski definition) is 1. The highest BCUT2D eigenvalue weighted by Gasteiger charge is 2.32. The van der Waals surface area contributed by atoms with E-state index in [2.05, 4.69) is 4.98 Å². The number of benzene rings is 1. The number of nitrogens with zero attached hydrogens (tertiary/aromatic N) is 1. The molecule has 0 aliphatic carbocycles. The number of esters is 1. The van der Waals surface area contributed by atoms with Crippen molar-refractivity contribution in [3.05, 3.63) is 52.8 Å². The van der Waals surface area contributed by atoms with Crippen molar-refractivity contribution in [2.45, 2.75) is 32.2 Å². The molecule has 7 heteroatoms. The number of carbonyl (C=O) groups excluding carboxylic acids is 1. The molecule has 130 valence electrons. The Labute approximate surface area is 142 Å². The van der Waals surface area contributed by atoms with E-state index in [1.807, 2.05) is 30.3 Å². The monoisotopic (exact) mass is 350 g/mol. The highest BCUT2D eigenvalue weighted by Crippen LogP contribution is 2.27. The molecule has 0 spiro atoms. The first kappa shape index (κ1) is 18.2. The summed E-state index contributed by atoms with van der Waals surface area (Å²) in [6.07, 6.45) is 0. The molecule has 1 heterocycles. The fraction of sp³-hybridized carbons (Fsp3) is 0.353. The minimum Gasteiger partial charge on any atom is -0.462 e. The second-order valence-corrected chi connectivity index (χ2v) is 7.53. The summed E-state index contributed by atoms with van der Waals surface area (Å²) in [5.41, 5.74) is 1.86. The van der Waals surface area contributed by atoms with Crippen LogP contribution in [-0.2, 0) is 21.3 Å². The Morgan fingerprint density at radius 1 is 1.17 bits per heavy atom. The first-order valence-electron chi connectivity index (χ1n) is 7.65. The molecule has 0 atom stereocenters. The summed E-state index contributed by atoms with van der Waals surface area (Å²) in [4.78, 5) is 15.1. The summed E-state index contributed by atoms with van der Waals surface area (Å²) in [6, 6.07) is 9.29. The largest absolute Gasteiger partial charge is 0.462 e. The van der Waals surface area contributed by atoms with Crippen molar-refractivity contribution in [1.82, 2.24) is 9.29 Å². The zero-order valence-corrected chi connectivity index (χ0v) is 15.1. The molecule has 24 heavy (non-hydrogen) atoms. The van der Waals surface area contributed by atoms with Crippen molar-refractivity contribution in [2.24, 2.45) is 0 Å². The molecule has 0 bridgehead atoms. The van der Waals surface area contributed by atoms with Crippen LogP contribution in [0, 0.1) is 13.8 Å². The Morgan fingerprint density at radius 3 is 2.38 bits per heavy atom. The van der Waals surface area contributed by atoms with Crippen LogP contribution >= 0.6 is 0 Å². The maximum atomic E-state index is 13.0. The Kier molecular flexibility index (Phi) is 5.46. The Balaban J connectivity index is 2.44. The number of hydrogen-bond acceptors (Lipinski definition) is 4. The molecular formula is C17H22N2O4S. The van der Waals surface area contributed by atoms with Gasteiger partial charge in [0.05, 0.1) is 6.61 Å². The zero-order chi connectivity index (χ0) is 17.9. The average Bonchev–Trinajstić information content (AvgIpc) is 2.83. The number of rotatable bonds is 6. The van der Waals surface area contributed by atoms with Crippen LogP contribution in [-0.4, -0.2) is 37.3 Å². The highest BCUT2D eigenvalue weighted by molar-refractivity contribution is 7.89. The predicted molar refractivity (Wildman–Crippen MR) is 91.3 cm³/mol. The topological polar surface area (TPSA) is 79.5 Å². The van der Waals surface area contributed by atoms with Crippen LogP contribution in [0.1, 0.15) is 34.2 Å². The standard InChI is InChI=1S/C17H22N2O4S/c1-5-23-17(20)15-12(2)18-13(3)16(15)24(21,22)19(4)11-14-9-7-6-8-10-14/h6-10,18H,5,11H2,1-4H3. The number of sulfonamides is 1. The summed E-state index contributed by atoms with van der Waals surface area (Å²) in [5, 5.41) is 0. The lowest BCUT2D eigenvalue weighted by molar-refractivity contribution is 0.0521. The smallest absolute Gasteiger partial charge is 0.341 e. The van der Waals surface area contributed by atoms with Gasteiger partial charge in [0.1, 0.15) is 10.5 Å². The van der Waals surface area contributed by atoms with E-state index >= 15 is 0 Å². The van der Waals surface area contributed by atoms with Gasteiger partial charge in [0, 0.05) is 25.0 Å². The van der Waals surface area contributed by atoms with Crippen LogP contribution < -0.4 is 0 Å². The SMILES string of the molecule is CCOC(=O)c1c(C)[nH]c(C)c1S(=O)(=O)N(C)Cc1ccccc1. The second-order valence-electron chi connectivity index (χ2n) is 5.55. The molecule has 6 nitrogen and oxygen atoms in total. The predicted octanol–water partition coefficient (Wildman–Crippen LogP) is 2.63. The maximum Gasteiger partial charge on any atom is 0.341 e. The number of aromatic amines is 1. The van der Waals surface area contributed by atoms with E-state index < -0.39 is 16.0 Å². The third-order valence-corrected chi connectivity index (χ3v) is 5.69. The van der Waals surface area contributed by atoms with Gasteiger partial charge in [-0.05, 0) is 26.3 Å². The fourth-order valence-corrected chi connectivity index (χ4v) is 4.17. The molecular weight excluding hydrogens is 328 g/mol. The molecule has 0 aliphatic heterocycles. The number of H-pyrrole nitrogens is 1. The minimum absolute atomic E-state index is 0.0168. The Bertz CT molecular complexity index is 826. The van der Waals surface area contributed by atoms with Crippen LogP contribution in [0.3, 0.4) is 0 Å². The molecule has 0 amide bonds. The molecule has 1 aromatic heterocycles. The van der Waals surface area contributed by atoms with Gasteiger partial charge in [0.15, 0.2) is 0 Å². The lowest BCUT2D eigenvalue weighted by atomic mass is 10.2. The van der Waals surface area contributed by atoms with Crippen LogP contribution in [0.5, 0.6) is 0 Å². The molecule has 0 saturated heterocycles. The quantitative estimate of drug-likeness (QED) is 0.812. The molecule has 0 aliphatic rings. The van der Waals surface area contributed by atoms with Crippen molar-refractivity contribution in [3.8, 4) is 0 Å². The van der Waals surface area contributed by atoms with E-state index in [1.54, 1.807) is 20.8 Å². The summed E-state index contributed by atoms with van der Waals surface area (Å²) < 4.78 is 32.2. The Morgan fingerprint density at radius 2 is 1.79 bits per heavy atom. The van der Waals surface area contributed by atoms with Crippen molar-refractivity contribution < 1.29 is 17.9 Å². The summed E-state index contributed by atoms with van der Waals surface area (Å²) in [6.45, 7) is 5.38. The van der Waals surface area contributed by atoms with E-state index in [0.717, 1.165) is 5.56 Å². The number of carbonyl (C=O) groups is 1. The van der Waals surface area contributed by atoms with E-state index in [0.29, 0.717) is 11.4 Å². The van der Waals surface area contributed by atoms with Gasteiger partial charge in [0.25, 0.3) is 0 Å². The third kappa shape index (κ3) is 3.52.